The van der Waals surface area contributed by atoms with Gasteiger partial charge in [-0.1, -0.05) is 23.8 Å². The van der Waals surface area contributed by atoms with Crippen molar-refractivity contribution in [3.63, 3.8) is 0 Å². The van der Waals surface area contributed by atoms with Gasteiger partial charge >= 0.3 is 0 Å². The molecule has 1 saturated heterocycles. The molecule has 130 valence electrons. The normalized spacial score (nSPS) is 16.6. The Hall–Kier alpha value is -1.50. The Kier molecular flexibility index (Phi) is 5.48. The maximum absolute atomic E-state index is 5.67. The fourth-order valence-corrected chi connectivity index (χ4v) is 3.61. The molecule has 1 aromatic heterocycles. The first-order valence-corrected chi connectivity index (χ1v) is 9.03. The van der Waals surface area contributed by atoms with E-state index in [1.165, 1.54) is 5.56 Å². The average Bonchev–Trinajstić information content (AvgIpc) is 2.91. The van der Waals surface area contributed by atoms with E-state index in [1.54, 1.807) is 7.11 Å². The molecule has 24 heavy (non-hydrogen) atoms. The molecule has 0 amide bonds. The van der Waals surface area contributed by atoms with E-state index in [-0.39, 0.29) is 0 Å². The summed E-state index contributed by atoms with van der Waals surface area (Å²) in [5, 5.41) is 4.83. The van der Waals surface area contributed by atoms with Crippen molar-refractivity contribution in [1.82, 2.24) is 19.2 Å². The SMILES string of the molecule is CCn1c(-c2cccc(C)c2)nn(CN2CCC(OC)CC2)c1=S. The number of methoxy groups -OCH3 is 1. The lowest BCUT2D eigenvalue weighted by molar-refractivity contribution is 0.0301. The number of aromatic nitrogens is 3. The Bertz CT molecular complexity index is 744. The van der Waals surface area contributed by atoms with Gasteiger partial charge in [0.1, 0.15) is 0 Å². The van der Waals surface area contributed by atoms with Crippen LogP contribution in [0.25, 0.3) is 11.4 Å². The summed E-state index contributed by atoms with van der Waals surface area (Å²) in [7, 11) is 1.80. The molecule has 0 atom stereocenters. The van der Waals surface area contributed by atoms with Gasteiger partial charge in [-0.05, 0) is 45.0 Å². The molecule has 1 aliphatic rings. The topological polar surface area (TPSA) is 35.2 Å². The number of aryl methyl sites for hydroxylation is 1. The van der Waals surface area contributed by atoms with Gasteiger partial charge in [-0.3, -0.25) is 4.90 Å². The van der Waals surface area contributed by atoms with Crippen molar-refractivity contribution in [3.8, 4) is 11.4 Å². The number of benzene rings is 1. The van der Waals surface area contributed by atoms with Crippen molar-refractivity contribution in [2.24, 2.45) is 0 Å². The van der Waals surface area contributed by atoms with Crippen molar-refractivity contribution in [1.29, 1.82) is 0 Å². The minimum atomic E-state index is 0.394. The number of hydrogen-bond donors (Lipinski definition) is 0. The summed E-state index contributed by atoms with van der Waals surface area (Å²) in [6, 6.07) is 8.44. The zero-order valence-corrected chi connectivity index (χ0v) is 15.6. The Labute approximate surface area is 148 Å². The smallest absolute Gasteiger partial charge is 0.199 e. The number of nitrogens with zero attached hydrogens (tertiary/aromatic N) is 4. The van der Waals surface area contributed by atoms with Crippen LogP contribution in [0.5, 0.6) is 0 Å². The third-order valence-electron chi connectivity index (χ3n) is 4.72. The maximum Gasteiger partial charge on any atom is 0.199 e. The van der Waals surface area contributed by atoms with Gasteiger partial charge in [0.15, 0.2) is 10.6 Å². The largest absolute Gasteiger partial charge is 0.381 e. The summed E-state index contributed by atoms with van der Waals surface area (Å²) < 4.78 is 10.3. The lowest BCUT2D eigenvalue weighted by Crippen LogP contribution is -2.38. The summed E-state index contributed by atoms with van der Waals surface area (Å²) in [6.07, 6.45) is 2.54. The van der Waals surface area contributed by atoms with Crippen LogP contribution >= 0.6 is 12.2 Å². The van der Waals surface area contributed by atoms with Crippen LogP contribution in [0.2, 0.25) is 0 Å². The van der Waals surface area contributed by atoms with E-state index in [0.29, 0.717) is 6.10 Å². The molecule has 6 heteroatoms. The molecule has 1 fully saturated rings. The molecule has 0 saturated carbocycles. The third-order valence-corrected chi connectivity index (χ3v) is 5.15. The van der Waals surface area contributed by atoms with E-state index in [9.17, 15) is 0 Å². The first-order valence-electron chi connectivity index (χ1n) is 8.62. The third kappa shape index (κ3) is 3.61. The second-order valence-corrected chi connectivity index (χ2v) is 6.78. The molecule has 0 aliphatic carbocycles. The van der Waals surface area contributed by atoms with Gasteiger partial charge in [0.05, 0.1) is 12.8 Å². The number of ether oxygens (including phenoxy) is 1. The lowest BCUT2D eigenvalue weighted by atomic mass is 10.1. The maximum atomic E-state index is 5.67. The van der Waals surface area contributed by atoms with Crippen molar-refractivity contribution in [2.45, 2.75) is 46.0 Å². The predicted octanol–water partition coefficient (Wildman–Crippen LogP) is 3.48. The fraction of sp³-hybridized carbons (Fsp3) is 0.556. The molecular weight excluding hydrogens is 320 g/mol. The summed E-state index contributed by atoms with van der Waals surface area (Å²) >= 11 is 5.67. The van der Waals surface area contributed by atoms with Crippen molar-refractivity contribution in [3.05, 3.63) is 34.6 Å². The number of piperidine rings is 1. The molecule has 1 aliphatic heterocycles. The molecule has 0 unspecified atom stereocenters. The standard InChI is InChI=1S/C18H26N4OS/c1-4-21-17(15-7-5-6-14(2)12-15)19-22(18(21)24)13-20-10-8-16(23-3)9-11-20/h5-7,12,16H,4,8-11,13H2,1-3H3. The van der Waals surface area contributed by atoms with Gasteiger partial charge in [-0.2, -0.15) is 5.10 Å². The molecular formula is C18H26N4OS. The molecule has 1 aromatic carbocycles. The van der Waals surface area contributed by atoms with Crippen LogP contribution in [-0.2, 0) is 18.0 Å². The van der Waals surface area contributed by atoms with Gasteiger partial charge in [0.25, 0.3) is 0 Å². The summed E-state index contributed by atoms with van der Waals surface area (Å²) in [5.41, 5.74) is 2.36. The molecule has 0 spiro atoms. The minimum Gasteiger partial charge on any atom is -0.381 e. The van der Waals surface area contributed by atoms with Crippen LogP contribution in [0.15, 0.2) is 24.3 Å². The Morgan fingerprint density at radius 1 is 1.29 bits per heavy atom. The van der Waals surface area contributed by atoms with Gasteiger partial charge in [0.2, 0.25) is 0 Å². The van der Waals surface area contributed by atoms with Gasteiger partial charge < -0.3 is 9.30 Å². The Balaban J connectivity index is 1.84. The highest BCUT2D eigenvalue weighted by molar-refractivity contribution is 7.71. The Morgan fingerprint density at radius 2 is 2.04 bits per heavy atom. The highest BCUT2D eigenvalue weighted by atomic mass is 32.1. The highest BCUT2D eigenvalue weighted by Gasteiger charge is 2.20. The van der Waals surface area contributed by atoms with Crippen LogP contribution < -0.4 is 0 Å². The van der Waals surface area contributed by atoms with Gasteiger partial charge in [0, 0.05) is 32.3 Å². The first-order chi connectivity index (χ1) is 11.6. The van der Waals surface area contributed by atoms with Crippen LogP contribution in [0.1, 0.15) is 25.3 Å². The average molecular weight is 347 g/mol. The van der Waals surface area contributed by atoms with Crippen molar-refractivity contribution < 1.29 is 4.74 Å². The van der Waals surface area contributed by atoms with Crippen molar-refractivity contribution in [2.75, 3.05) is 20.2 Å². The minimum absolute atomic E-state index is 0.394. The van der Waals surface area contributed by atoms with Gasteiger partial charge in [-0.25, -0.2) is 4.68 Å². The zero-order valence-electron chi connectivity index (χ0n) is 14.7. The molecule has 0 radical (unpaired) electrons. The summed E-state index contributed by atoms with van der Waals surface area (Å²) in [5.74, 6) is 0.956. The molecule has 3 rings (SSSR count). The molecule has 0 bridgehead atoms. The summed E-state index contributed by atoms with van der Waals surface area (Å²) in [6.45, 7) is 7.85. The predicted molar refractivity (Wildman–Crippen MR) is 98.5 cm³/mol. The van der Waals surface area contributed by atoms with Crippen LogP contribution in [0.3, 0.4) is 0 Å². The number of rotatable bonds is 5. The van der Waals surface area contributed by atoms with Crippen LogP contribution in [0, 0.1) is 11.7 Å². The number of likely N-dealkylation sites (tertiary alicyclic amines) is 1. The van der Waals surface area contributed by atoms with Crippen LogP contribution in [-0.4, -0.2) is 45.6 Å². The van der Waals surface area contributed by atoms with Gasteiger partial charge in [-0.15, -0.1) is 0 Å². The quantitative estimate of drug-likeness (QED) is 0.777. The van der Waals surface area contributed by atoms with E-state index in [1.807, 2.05) is 4.68 Å². The van der Waals surface area contributed by atoms with E-state index in [2.05, 4.69) is 47.6 Å². The summed E-state index contributed by atoms with van der Waals surface area (Å²) in [4.78, 5) is 2.40. The zero-order chi connectivity index (χ0) is 17.1. The second kappa shape index (κ2) is 7.59. The van der Waals surface area contributed by atoms with Crippen LogP contribution in [0.4, 0.5) is 0 Å². The Morgan fingerprint density at radius 3 is 2.67 bits per heavy atom. The van der Waals surface area contributed by atoms with E-state index in [0.717, 1.165) is 55.3 Å². The number of hydrogen-bond acceptors (Lipinski definition) is 4. The van der Waals surface area contributed by atoms with E-state index >= 15 is 0 Å². The highest BCUT2D eigenvalue weighted by Crippen LogP contribution is 2.20. The molecule has 2 aromatic rings. The van der Waals surface area contributed by atoms with E-state index in [4.69, 9.17) is 22.1 Å². The van der Waals surface area contributed by atoms with E-state index < -0.39 is 0 Å². The monoisotopic (exact) mass is 346 g/mol. The fourth-order valence-electron chi connectivity index (χ4n) is 3.29. The van der Waals surface area contributed by atoms with Crippen molar-refractivity contribution >= 4 is 12.2 Å². The lowest BCUT2D eigenvalue weighted by Gasteiger charge is -2.30. The molecule has 0 N–H and O–H groups in total. The molecule has 2 heterocycles. The molecule has 5 nitrogen and oxygen atoms in total. The second-order valence-electron chi connectivity index (χ2n) is 6.41. The first kappa shape index (κ1) is 17.3.